The highest BCUT2D eigenvalue weighted by Crippen LogP contribution is 2.15. The third kappa shape index (κ3) is 6.59. The second kappa shape index (κ2) is 12.1. The van der Waals surface area contributed by atoms with Gasteiger partial charge < -0.3 is 0 Å². The molecule has 0 saturated carbocycles. The van der Waals surface area contributed by atoms with Crippen molar-refractivity contribution in [1.29, 1.82) is 0 Å². The van der Waals surface area contributed by atoms with Crippen molar-refractivity contribution in [3.05, 3.63) is 29.3 Å². The quantitative estimate of drug-likeness (QED) is 0.604. The maximum atomic E-state index is 5.04. The van der Waals surface area contributed by atoms with E-state index in [-0.39, 0.29) is 23.5 Å². The average Bonchev–Trinajstić information content (AvgIpc) is 1.83. The number of benzene rings is 1. The molecule has 0 aliphatic carbocycles. The Morgan fingerprint density at radius 3 is 1.57 bits per heavy atom. The molecule has 0 aliphatic rings. The number of hydrogen-bond donors (Lipinski definition) is 0. The largest absolute Gasteiger partial charge is 0.269 e. The Balaban J connectivity index is -0.0000000540. The minimum Gasteiger partial charge on any atom is -0.269 e. The third-order valence-corrected chi connectivity index (χ3v) is 2.00. The topological polar surface area (TPSA) is 0 Å². The standard InChI is InChI=1S/C8H9S.5FH/c1-6-4-3-5-8(9)7(6)2;;;;;/h3-5H,1-2H3;5*1H. The van der Waals surface area contributed by atoms with Gasteiger partial charge in [-0.25, -0.2) is 0 Å². The first-order valence-electron chi connectivity index (χ1n) is 2.95. The third-order valence-electron chi connectivity index (χ3n) is 1.55. The maximum Gasteiger partial charge on any atom is 0.0408 e. The Morgan fingerprint density at radius 1 is 0.857 bits per heavy atom. The van der Waals surface area contributed by atoms with Gasteiger partial charge in [-0.05, 0) is 31.0 Å². The van der Waals surface area contributed by atoms with Crippen LogP contribution in [0, 0.1) is 13.8 Å². The molecule has 0 N–H and O–H groups in total. The first kappa shape index (κ1) is 29.2. The van der Waals surface area contributed by atoms with Gasteiger partial charge in [0.15, 0.2) is 0 Å². The molecule has 0 fully saturated rings. The number of aryl methyl sites for hydroxylation is 1. The van der Waals surface area contributed by atoms with Crippen molar-refractivity contribution in [2.45, 2.75) is 18.7 Å². The molecule has 87 valence electrons. The zero-order valence-electron chi connectivity index (χ0n) is 7.68. The van der Waals surface area contributed by atoms with Crippen LogP contribution in [0.2, 0.25) is 0 Å². The van der Waals surface area contributed by atoms with Gasteiger partial charge in [-0.3, -0.25) is 23.5 Å². The van der Waals surface area contributed by atoms with Crippen molar-refractivity contribution >= 4 is 12.6 Å². The van der Waals surface area contributed by atoms with E-state index in [9.17, 15) is 0 Å². The Morgan fingerprint density at radius 2 is 1.29 bits per heavy atom. The molecule has 0 atom stereocenters. The van der Waals surface area contributed by atoms with Crippen LogP contribution in [0.1, 0.15) is 11.1 Å². The lowest BCUT2D eigenvalue weighted by atomic mass is 10.1. The van der Waals surface area contributed by atoms with E-state index in [0.717, 1.165) is 4.90 Å². The predicted molar refractivity (Wildman–Crippen MR) is 54.3 cm³/mol. The molecule has 0 heterocycles. The average molecular weight is 237 g/mol. The van der Waals surface area contributed by atoms with Crippen LogP contribution in [0.5, 0.6) is 0 Å². The molecule has 1 aromatic rings. The lowest BCUT2D eigenvalue weighted by Crippen LogP contribution is -1.79. The summed E-state index contributed by atoms with van der Waals surface area (Å²) in [4.78, 5) is 0.968. The van der Waals surface area contributed by atoms with Gasteiger partial charge >= 0.3 is 0 Å². The highest BCUT2D eigenvalue weighted by molar-refractivity contribution is 7.80. The molecule has 0 bridgehead atoms. The molecule has 1 aromatic carbocycles. The van der Waals surface area contributed by atoms with Crippen LogP contribution in [-0.2, 0) is 0 Å². The number of halogens is 5. The van der Waals surface area contributed by atoms with Crippen molar-refractivity contribution in [2.75, 3.05) is 0 Å². The van der Waals surface area contributed by atoms with E-state index in [2.05, 4.69) is 19.9 Å². The van der Waals surface area contributed by atoms with Crippen LogP contribution < -0.4 is 0 Å². The van der Waals surface area contributed by atoms with Crippen LogP contribution in [0.25, 0.3) is 0 Å². The molecule has 1 radical (unpaired) electrons. The normalized spacial score (nSPS) is 6.14. The van der Waals surface area contributed by atoms with E-state index in [1.165, 1.54) is 11.1 Å². The van der Waals surface area contributed by atoms with Crippen LogP contribution in [-0.4, -0.2) is 0 Å². The maximum absolute atomic E-state index is 5.04. The van der Waals surface area contributed by atoms with Crippen molar-refractivity contribution in [3.63, 3.8) is 0 Å². The SMILES string of the molecule is Cc1cccc([S])c1C.F.F.F.F.F. The lowest BCUT2D eigenvalue weighted by Gasteiger charge is -1.98. The highest BCUT2D eigenvalue weighted by Gasteiger charge is 1.93. The fraction of sp³-hybridized carbons (Fsp3) is 0.250. The van der Waals surface area contributed by atoms with Crippen molar-refractivity contribution in [3.8, 4) is 0 Å². The summed E-state index contributed by atoms with van der Waals surface area (Å²) in [6, 6.07) is 6.02. The highest BCUT2D eigenvalue weighted by atomic mass is 32.1. The van der Waals surface area contributed by atoms with Gasteiger partial charge in [0.1, 0.15) is 0 Å². The van der Waals surface area contributed by atoms with E-state index in [4.69, 9.17) is 12.6 Å². The van der Waals surface area contributed by atoms with E-state index in [0.29, 0.717) is 0 Å². The van der Waals surface area contributed by atoms with Crippen molar-refractivity contribution < 1.29 is 23.5 Å². The Kier molecular flexibility index (Phi) is 25.2. The van der Waals surface area contributed by atoms with Crippen molar-refractivity contribution in [2.24, 2.45) is 0 Å². The number of hydrogen-bond acceptors (Lipinski definition) is 0. The summed E-state index contributed by atoms with van der Waals surface area (Å²) in [6.45, 7) is 4.13. The molecule has 0 spiro atoms. The fourth-order valence-corrected chi connectivity index (χ4v) is 0.964. The molecule has 0 aromatic heterocycles. The van der Waals surface area contributed by atoms with Gasteiger partial charge in [0.05, 0.1) is 0 Å². The molecular formula is C8H14F5S. The van der Waals surface area contributed by atoms with Crippen LogP contribution in [0.4, 0.5) is 23.5 Å². The molecule has 6 heteroatoms. The summed E-state index contributed by atoms with van der Waals surface area (Å²) >= 11 is 5.04. The van der Waals surface area contributed by atoms with E-state index >= 15 is 0 Å². The van der Waals surface area contributed by atoms with E-state index in [1.807, 2.05) is 12.1 Å². The molecule has 0 amide bonds. The summed E-state index contributed by atoms with van der Waals surface area (Å²) in [7, 11) is 0. The lowest BCUT2D eigenvalue weighted by molar-refractivity contribution is 1.11. The monoisotopic (exact) mass is 237 g/mol. The first-order valence-corrected chi connectivity index (χ1v) is 3.36. The van der Waals surface area contributed by atoms with Gasteiger partial charge in [-0.15, -0.1) is 0 Å². The van der Waals surface area contributed by atoms with Gasteiger partial charge in [0.2, 0.25) is 0 Å². The van der Waals surface area contributed by atoms with Crippen LogP contribution in [0.15, 0.2) is 23.1 Å². The summed E-state index contributed by atoms with van der Waals surface area (Å²) in [5, 5.41) is 0. The second-order valence-corrected chi connectivity index (χ2v) is 2.64. The molecule has 14 heavy (non-hydrogen) atoms. The first-order chi connectivity index (χ1) is 4.22. The zero-order chi connectivity index (χ0) is 6.85. The molecule has 0 saturated heterocycles. The van der Waals surface area contributed by atoms with Gasteiger partial charge in [0.25, 0.3) is 0 Å². The Hall–Kier alpha value is -0.910. The predicted octanol–water partition coefficient (Wildman–Crippen LogP) is 3.62. The number of rotatable bonds is 0. The van der Waals surface area contributed by atoms with E-state index in [1.54, 1.807) is 0 Å². The molecule has 1 rings (SSSR count). The minimum absolute atomic E-state index is 0. The summed E-state index contributed by atoms with van der Waals surface area (Å²) in [5.74, 6) is 0. The van der Waals surface area contributed by atoms with Crippen LogP contribution in [0.3, 0.4) is 0 Å². The fourth-order valence-electron chi connectivity index (χ4n) is 0.724. The summed E-state index contributed by atoms with van der Waals surface area (Å²) in [5.41, 5.74) is 2.51. The molecule has 0 nitrogen and oxygen atoms in total. The van der Waals surface area contributed by atoms with Gasteiger partial charge in [-0.2, -0.15) is 0 Å². The summed E-state index contributed by atoms with van der Waals surface area (Å²) < 4.78 is 0. The molecule has 0 aliphatic heterocycles. The Labute approximate surface area is 85.0 Å². The molecular weight excluding hydrogens is 223 g/mol. The van der Waals surface area contributed by atoms with E-state index < -0.39 is 0 Å². The van der Waals surface area contributed by atoms with Gasteiger partial charge in [-0.1, -0.05) is 24.8 Å². The zero-order valence-corrected chi connectivity index (χ0v) is 8.50. The van der Waals surface area contributed by atoms with Crippen LogP contribution >= 0.6 is 12.6 Å². The van der Waals surface area contributed by atoms with Gasteiger partial charge in [0, 0.05) is 4.90 Å². The summed E-state index contributed by atoms with van der Waals surface area (Å²) in [6.07, 6.45) is 0. The minimum atomic E-state index is 0. The smallest absolute Gasteiger partial charge is 0.0408 e. The Bertz CT molecular complexity index is 209. The second-order valence-electron chi connectivity index (χ2n) is 2.20. The molecule has 0 unspecified atom stereocenters. The van der Waals surface area contributed by atoms with Crippen molar-refractivity contribution in [1.82, 2.24) is 0 Å².